The van der Waals surface area contributed by atoms with E-state index < -0.39 is 6.10 Å². The first-order valence-corrected chi connectivity index (χ1v) is 10.3. The van der Waals surface area contributed by atoms with Crippen molar-refractivity contribution in [1.82, 2.24) is 0 Å². The molecule has 2 aromatic rings. The van der Waals surface area contributed by atoms with E-state index in [4.69, 9.17) is 33.2 Å². The van der Waals surface area contributed by atoms with Crippen LogP contribution < -0.4 is 28.4 Å². The quantitative estimate of drug-likeness (QED) is 0.441. The summed E-state index contributed by atoms with van der Waals surface area (Å²) >= 11 is 0. The van der Waals surface area contributed by atoms with Gasteiger partial charge in [0.15, 0.2) is 29.1 Å². The van der Waals surface area contributed by atoms with Crippen molar-refractivity contribution in [2.24, 2.45) is 0 Å². The minimum atomic E-state index is -0.745. The molecule has 1 atom stereocenters. The number of methoxy groups -OCH3 is 6. The van der Waals surface area contributed by atoms with Gasteiger partial charge in [-0.3, -0.25) is 4.79 Å². The second kappa shape index (κ2) is 11.9. The van der Waals surface area contributed by atoms with Crippen LogP contribution in [0.15, 0.2) is 29.8 Å². The van der Waals surface area contributed by atoms with Crippen LogP contribution in [0.25, 0.3) is 6.08 Å². The van der Waals surface area contributed by atoms with Crippen molar-refractivity contribution in [1.29, 1.82) is 0 Å². The zero-order valence-electron chi connectivity index (χ0n) is 20.4. The van der Waals surface area contributed by atoms with E-state index in [1.54, 1.807) is 73.8 Å². The van der Waals surface area contributed by atoms with Gasteiger partial charge >= 0.3 is 5.97 Å². The Morgan fingerprint density at radius 1 is 0.727 bits per heavy atom. The normalized spacial score (nSPS) is 11.9. The van der Waals surface area contributed by atoms with E-state index in [2.05, 4.69) is 0 Å². The van der Waals surface area contributed by atoms with Crippen LogP contribution in [-0.2, 0) is 9.53 Å². The highest BCUT2D eigenvalue weighted by molar-refractivity contribution is 5.71. The molecule has 0 unspecified atom stereocenters. The van der Waals surface area contributed by atoms with Crippen molar-refractivity contribution in [2.75, 3.05) is 42.7 Å². The van der Waals surface area contributed by atoms with Crippen LogP contribution in [0.5, 0.6) is 34.5 Å². The van der Waals surface area contributed by atoms with Gasteiger partial charge in [-0.1, -0.05) is 6.92 Å². The maximum atomic E-state index is 12.3. The Labute approximate surface area is 194 Å². The molecular formula is C25H32O8. The lowest BCUT2D eigenvalue weighted by atomic mass is 9.98. The molecule has 0 aliphatic carbocycles. The zero-order valence-corrected chi connectivity index (χ0v) is 20.4. The molecule has 0 fully saturated rings. The largest absolute Gasteiger partial charge is 0.496 e. The number of carbonyl (C=O) groups is 1. The average Bonchev–Trinajstić information content (AvgIpc) is 2.85. The maximum Gasteiger partial charge on any atom is 0.306 e. The fourth-order valence-electron chi connectivity index (χ4n) is 3.36. The van der Waals surface area contributed by atoms with Gasteiger partial charge in [0.25, 0.3) is 0 Å². The second-order valence-electron chi connectivity index (χ2n) is 7.01. The van der Waals surface area contributed by atoms with E-state index in [0.717, 1.165) is 11.1 Å². The van der Waals surface area contributed by atoms with E-state index >= 15 is 0 Å². The smallest absolute Gasteiger partial charge is 0.306 e. The molecule has 0 bridgehead atoms. The summed E-state index contributed by atoms with van der Waals surface area (Å²) in [6, 6.07) is 6.98. The molecule has 0 aliphatic heterocycles. The summed E-state index contributed by atoms with van der Waals surface area (Å²) in [6.07, 6.45) is 1.34. The summed E-state index contributed by atoms with van der Waals surface area (Å²) in [5, 5.41) is 0. The van der Waals surface area contributed by atoms with Crippen LogP contribution in [0, 0.1) is 0 Å². The average molecular weight is 461 g/mol. The number of rotatable bonds is 11. The predicted molar refractivity (Wildman–Crippen MR) is 125 cm³/mol. The van der Waals surface area contributed by atoms with Crippen LogP contribution in [0.2, 0.25) is 0 Å². The summed E-state index contributed by atoms with van der Waals surface area (Å²) < 4.78 is 38.6. The fraction of sp³-hybridized carbons (Fsp3) is 0.400. The highest BCUT2D eigenvalue weighted by Crippen LogP contribution is 2.42. The molecular weight excluding hydrogens is 428 g/mol. The first kappa shape index (κ1) is 25.7. The Hall–Kier alpha value is -3.55. The Balaban J connectivity index is 2.69. The van der Waals surface area contributed by atoms with Crippen LogP contribution in [0.3, 0.4) is 0 Å². The van der Waals surface area contributed by atoms with Gasteiger partial charge in [-0.05, 0) is 30.7 Å². The molecule has 180 valence electrons. The minimum Gasteiger partial charge on any atom is -0.496 e. The van der Waals surface area contributed by atoms with E-state index in [1.165, 1.54) is 0 Å². The van der Waals surface area contributed by atoms with Gasteiger partial charge in [-0.2, -0.15) is 0 Å². The first-order chi connectivity index (χ1) is 15.9. The highest BCUT2D eigenvalue weighted by Gasteiger charge is 2.25. The third-order valence-corrected chi connectivity index (χ3v) is 5.09. The summed E-state index contributed by atoms with van der Waals surface area (Å²) in [5.74, 6) is 2.79. The molecule has 0 spiro atoms. The Morgan fingerprint density at radius 2 is 1.18 bits per heavy atom. The first-order valence-electron chi connectivity index (χ1n) is 10.3. The second-order valence-corrected chi connectivity index (χ2v) is 7.01. The molecule has 2 aromatic carbocycles. The molecule has 8 nitrogen and oxygen atoms in total. The standard InChI is InChI=1S/C25H32O8/c1-9-24(26)33-25(17-12-21(30-6)23(32-8)14-19(17)28-4)15(2)10-16-11-20(29-5)22(31-7)13-18(16)27-3/h10-14,25H,9H2,1-8H3/b15-10+/t25-/m1/s1. The van der Waals surface area contributed by atoms with Crippen molar-refractivity contribution in [3.63, 3.8) is 0 Å². The lowest BCUT2D eigenvalue weighted by Crippen LogP contribution is -2.13. The summed E-state index contributed by atoms with van der Waals surface area (Å²) in [5.41, 5.74) is 2.07. The predicted octanol–water partition coefficient (Wildman–Crippen LogP) is 4.84. The molecule has 0 N–H and O–H groups in total. The van der Waals surface area contributed by atoms with Crippen molar-refractivity contribution >= 4 is 12.0 Å². The molecule has 33 heavy (non-hydrogen) atoms. The molecule has 0 aromatic heterocycles. The molecule has 0 heterocycles. The SMILES string of the molecule is CCC(=O)O[C@H](/C(C)=C/c1cc(OC)c(OC)cc1OC)c1cc(OC)c(OC)cc1OC. The number of hydrogen-bond acceptors (Lipinski definition) is 8. The third-order valence-electron chi connectivity index (χ3n) is 5.09. The zero-order chi connectivity index (χ0) is 24.5. The van der Waals surface area contributed by atoms with Gasteiger partial charge in [0.2, 0.25) is 0 Å². The minimum absolute atomic E-state index is 0.221. The lowest BCUT2D eigenvalue weighted by molar-refractivity contribution is -0.147. The molecule has 0 saturated carbocycles. The van der Waals surface area contributed by atoms with E-state index in [0.29, 0.717) is 40.1 Å². The van der Waals surface area contributed by atoms with Crippen molar-refractivity contribution < 1.29 is 38.0 Å². The van der Waals surface area contributed by atoms with Crippen molar-refractivity contribution in [3.05, 3.63) is 41.0 Å². The number of ether oxygens (including phenoxy) is 7. The van der Waals surface area contributed by atoms with Gasteiger partial charge in [0.05, 0.1) is 42.7 Å². The maximum absolute atomic E-state index is 12.3. The summed E-state index contributed by atoms with van der Waals surface area (Å²) in [7, 11) is 9.31. The number of esters is 1. The molecule has 0 amide bonds. The van der Waals surface area contributed by atoms with E-state index in [1.807, 2.05) is 13.0 Å². The fourth-order valence-corrected chi connectivity index (χ4v) is 3.36. The van der Waals surface area contributed by atoms with Crippen LogP contribution in [0.4, 0.5) is 0 Å². The van der Waals surface area contributed by atoms with Crippen molar-refractivity contribution in [2.45, 2.75) is 26.4 Å². The number of hydrogen-bond donors (Lipinski definition) is 0. The topological polar surface area (TPSA) is 81.7 Å². The Morgan fingerprint density at radius 3 is 1.67 bits per heavy atom. The van der Waals surface area contributed by atoms with Gasteiger partial charge in [0, 0.05) is 29.7 Å². The van der Waals surface area contributed by atoms with Gasteiger partial charge < -0.3 is 33.2 Å². The van der Waals surface area contributed by atoms with E-state index in [-0.39, 0.29) is 12.4 Å². The van der Waals surface area contributed by atoms with Gasteiger partial charge in [0.1, 0.15) is 11.5 Å². The molecule has 0 saturated heterocycles. The lowest BCUT2D eigenvalue weighted by Gasteiger charge is -2.23. The number of carbonyl (C=O) groups excluding carboxylic acids is 1. The highest BCUT2D eigenvalue weighted by atomic mass is 16.5. The van der Waals surface area contributed by atoms with E-state index in [9.17, 15) is 4.79 Å². The number of benzene rings is 2. The van der Waals surface area contributed by atoms with Crippen molar-refractivity contribution in [3.8, 4) is 34.5 Å². The Kier molecular flexibility index (Phi) is 9.27. The van der Waals surface area contributed by atoms with Crippen LogP contribution in [-0.4, -0.2) is 48.6 Å². The monoisotopic (exact) mass is 460 g/mol. The van der Waals surface area contributed by atoms with Gasteiger partial charge in [-0.25, -0.2) is 0 Å². The van der Waals surface area contributed by atoms with Crippen LogP contribution in [0.1, 0.15) is 37.5 Å². The summed E-state index contributed by atoms with van der Waals surface area (Å²) in [6.45, 7) is 3.60. The molecule has 0 radical (unpaired) electrons. The van der Waals surface area contributed by atoms with Crippen LogP contribution >= 0.6 is 0 Å². The molecule has 0 aliphatic rings. The molecule has 8 heteroatoms. The van der Waals surface area contributed by atoms with Gasteiger partial charge in [-0.15, -0.1) is 0 Å². The molecule has 2 rings (SSSR count). The Bertz CT molecular complexity index is 996. The third kappa shape index (κ3) is 5.83. The summed E-state index contributed by atoms with van der Waals surface area (Å²) in [4.78, 5) is 12.3.